The molecule has 1 aliphatic rings. The SMILES string of the molecule is Cc1[nH]nc2c1C(C(=O)O)NCC2. The largest absolute Gasteiger partial charge is 0.480 e. The van der Waals surface area contributed by atoms with E-state index >= 15 is 0 Å². The third kappa shape index (κ3) is 1.21. The van der Waals surface area contributed by atoms with Crippen LogP contribution in [0.15, 0.2) is 0 Å². The molecular formula is C8H11N3O2. The number of carbonyl (C=O) groups is 1. The van der Waals surface area contributed by atoms with Crippen LogP contribution in [0.25, 0.3) is 0 Å². The molecule has 0 radical (unpaired) electrons. The average molecular weight is 181 g/mol. The highest BCUT2D eigenvalue weighted by Gasteiger charge is 2.29. The van der Waals surface area contributed by atoms with E-state index in [1.165, 1.54) is 0 Å². The van der Waals surface area contributed by atoms with Gasteiger partial charge < -0.3 is 10.4 Å². The zero-order valence-corrected chi connectivity index (χ0v) is 7.29. The van der Waals surface area contributed by atoms with Gasteiger partial charge in [0.25, 0.3) is 0 Å². The van der Waals surface area contributed by atoms with E-state index in [2.05, 4.69) is 15.5 Å². The second-order valence-electron chi connectivity index (χ2n) is 3.18. The second kappa shape index (κ2) is 2.85. The minimum atomic E-state index is -0.842. The van der Waals surface area contributed by atoms with E-state index in [0.717, 1.165) is 23.4 Å². The molecule has 3 N–H and O–H groups in total. The lowest BCUT2D eigenvalue weighted by atomic mass is 9.99. The molecular weight excluding hydrogens is 170 g/mol. The first-order valence-electron chi connectivity index (χ1n) is 4.20. The molecule has 0 aromatic carbocycles. The topological polar surface area (TPSA) is 78.0 Å². The van der Waals surface area contributed by atoms with Crippen molar-refractivity contribution in [3.8, 4) is 0 Å². The molecule has 0 fully saturated rings. The Bertz CT molecular complexity index is 345. The third-order valence-electron chi connectivity index (χ3n) is 2.32. The highest BCUT2D eigenvalue weighted by Crippen LogP contribution is 2.23. The first-order chi connectivity index (χ1) is 6.20. The molecule has 5 nitrogen and oxygen atoms in total. The summed E-state index contributed by atoms with van der Waals surface area (Å²) in [5.74, 6) is -0.842. The van der Waals surface area contributed by atoms with Gasteiger partial charge in [0.1, 0.15) is 6.04 Å². The van der Waals surface area contributed by atoms with E-state index in [9.17, 15) is 4.79 Å². The van der Waals surface area contributed by atoms with Crippen LogP contribution in [0.5, 0.6) is 0 Å². The Morgan fingerprint density at radius 3 is 3.15 bits per heavy atom. The highest BCUT2D eigenvalue weighted by molar-refractivity contribution is 5.76. The summed E-state index contributed by atoms with van der Waals surface area (Å²) in [6, 6.07) is -0.595. The molecule has 1 aromatic rings. The Hall–Kier alpha value is -1.36. The number of hydrogen-bond donors (Lipinski definition) is 3. The molecule has 0 spiro atoms. The molecule has 2 heterocycles. The van der Waals surface area contributed by atoms with E-state index < -0.39 is 12.0 Å². The summed E-state index contributed by atoms with van der Waals surface area (Å²) in [5, 5.41) is 18.7. The van der Waals surface area contributed by atoms with Gasteiger partial charge in [-0.05, 0) is 6.92 Å². The first kappa shape index (κ1) is 8.25. The predicted molar refractivity (Wildman–Crippen MR) is 45.4 cm³/mol. The molecule has 1 atom stereocenters. The number of fused-ring (bicyclic) bond motifs is 1. The molecule has 0 saturated heterocycles. The number of hydrogen-bond acceptors (Lipinski definition) is 3. The van der Waals surface area contributed by atoms with Crippen molar-refractivity contribution >= 4 is 5.97 Å². The number of carboxylic acids is 1. The number of carboxylic acid groups (broad SMARTS) is 1. The van der Waals surface area contributed by atoms with Gasteiger partial charge in [-0.1, -0.05) is 0 Å². The van der Waals surface area contributed by atoms with E-state index in [-0.39, 0.29) is 0 Å². The van der Waals surface area contributed by atoms with E-state index in [1.807, 2.05) is 6.92 Å². The van der Waals surface area contributed by atoms with Crippen molar-refractivity contribution in [1.82, 2.24) is 15.5 Å². The Morgan fingerprint density at radius 2 is 2.46 bits per heavy atom. The van der Waals surface area contributed by atoms with Crippen molar-refractivity contribution in [3.63, 3.8) is 0 Å². The van der Waals surface area contributed by atoms with Gasteiger partial charge in [-0.2, -0.15) is 5.10 Å². The normalized spacial score (nSPS) is 21.2. The Balaban J connectivity index is 2.46. The molecule has 5 heteroatoms. The number of aryl methyl sites for hydroxylation is 1. The molecule has 0 amide bonds. The highest BCUT2D eigenvalue weighted by atomic mass is 16.4. The summed E-state index contributed by atoms with van der Waals surface area (Å²) in [5.41, 5.74) is 2.53. The monoisotopic (exact) mass is 181 g/mol. The molecule has 0 saturated carbocycles. The maximum absolute atomic E-state index is 10.9. The van der Waals surface area contributed by atoms with Crippen LogP contribution in [-0.4, -0.2) is 27.8 Å². The number of aromatic amines is 1. The summed E-state index contributed by atoms with van der Waals surface area (Å²) >= 11 is 0. The molecule has 1 unspecified atom stereocenters. The van der Waals surface area contributed by atoms with Crippen molar-refractivity contribution in [2.45, 2.75) is 19.4 Å². The third-order valence-corrected chi connectivity index (χ3v) is 2.32. The Morgan fingerprint density at radius 1 is 1.69 bits per heavy atom. The number of nitrogens with one attached hydrogen (secondary N) is 2. The maximum Gasteiger partial charge on any atom is 0.325 e. The Kier molecular flexibility index (Phi) is 1.81. The summed E-state index contributed by atoms with van der Waals surface area (Å²) in [4.78, 5) is 10.9. The van der Waals surface area contributed by atoms with Gasteiger partial charge >= 0.3 is 5.97 Å². The lowest BCUT2D eigenvalue weighted by Crippen LogP contribution is -2.35. The first-order valence-corrected chi connectivity index (χ1v) is 4.20. The van der Waals surface area contributed by atoms with Gasteiger partial charge in [0, 0.05) is 24.2 Å². The zero-order chi connectivity index (χ0) is 9.42. The molecule has 1 aliphatic heterocycles. The van der Waals surface area contributed by atoms with Crippen LogP contribution in [0.1, 0.15) is 23.0 Å². The predicted octanol–water partition coefficient (Wildman–Crippen LogP) is -0.0105. The molecule has 13 heavy (non-hydrogen) atoms. The number of aliphatic carboxylic acids is 1. The summed E-state index contributed by atoms with van der Waals surface area (Å²) < 4.78 is 0. The number of H-pyrrole nitrogens is 1. The fraction of sp³-hybridized carbons (Fsp3) is 0.500. The van der Waals surface area contributed by atoms with Gasteiger partial charge in [-0.25, -0.2) is 0 Å². The molecule has 0 bridgehead atoms. The minimum absolute atomic E-state index is 0.595. The standard InChI is InChI=1S/C8H11N3O2/c1-4-6-5(11-10-4)2-3-9-7(6)8(12)13/h7,9H,2-3H2,1H3,(H,10,11)(H,12,13). The van der Waals surface area contributed by atoms with Crippen molar-refractivity contribution in [3.05, 3.63) is 17.0 Å². The van der Waals surface area contributed by atoms with E-state index in [1.54, 1.807) is 0 Å². The van der Waals surface area contributed by atoms with Crippen LogP contribution >= 0.6 is 0 Å². The summed E-state index contributed by atoms with van der Waals surface area (Å²) in [6.07, 6.45) is 0.795. The van der Waals surface area contributed by atoms with Crippen LogP contribution in [0, 0.1) is 6.92 Å². The lowest BCUT2D eigenvalue weighted by Gasteiger charge is -2.20. The summed E-state index contributed by atoms with van der Waals surface area (Å²) in [6.45, 7) is 2.52. The van der Waals surface area contributed by atoms with E-state index in [0.29, 0.717) is 6.54 Å². The zero-order valence-electron chi connectivity index (χ0n) is 7.29. The number of nitrogens with zero attached hydrogens (tertiary/aromatic N) is 1. The molecule has 1 aromatic heterocycles. The lowest BCUT2D eigenvalue weighted by molar-refractivity contribution is -0.139. The van der Waals surface area contributed by atoms with Crippen LogP contribution in [0.3, 0.4) is 0 Å². The van der Waals surface area contributed by atoms with Crippen molar-refractivity contribution in [1.29, 1.82) is 0 Å². The Labute approximate surface area is 75.2 Å². The fourth-order valence-electron chi connectivity index (χ4n) is 1.71. The van der Waals surface area contributed by atoms with Crippen LogP contribution < -0.4 is 5.32 Å². The smallest absolute Gasteiger partial charge is 0.325 e. The molecule has 2 rings (SSSR count). The maximum atomic E-state index is 10.9. The van der Waals surface area contributed by atoms with Gasteiger partial charge in [-0.3, -0.25) is 9.89 Å². The van der Waals surface area contributed by atoms with Gasteiger partial charge in [-0.15, -0.1) is 0 Å². The van der Waals surface area contributed by atoms with Crippen molar-refractivity contribution < 1.29 is 9.90 Å². The van der Waals surface area contributed by atoms with Crippen LogP contribution in [0.4, 0.5) is 0 Å². The second-order valence-corrected chi connectivity index (χ2v) is 3.18. The van der Waals surface area contributed by atoms with Crippen molar-refractivity contribution in [2.75, 3.05) is 6.54 Å². The quantitative estimate of drug-likeness (QED) is 0.569. The van der Waals surface area contributed by atoms with Gasteiger partial charge in [0.05, 0.1) is 5.69 Å². The van der Waals surface area contributed by atoms with Gasteiger partial charge in [0.2, 0.25) is 0 Å². The van der Waals surface area contributed by atoms with Gasteiger partial charge in [0.15, 0.2) is 0 Å². The number of aromatic nitrogens is 2. The van der Waals surface area contributed by atoms with E-state index in [4.69, 9.17) is 5.11 Å². The fourth-order valence-corrected chi connectivity index (χ4v) is 1.71. The van der Waals surface area contributed by atoms with Crippen molar-refractivity contribution in [2.24, 2.45) is 0 Å². The summed E-state index contributed by atoms with van der Waals surface area (Å²) in [7, 11) is 0. The molecule has 0 aliphatic carbocycles. The van der Waals surface area contributed by atoms with Crippen LogP contribution in [-0.2, 0) is 11.2 Å². The average Bonchev–Trinajstić information content (AvgIpc) is 2.48. The minimum Gasteiger partial charge on any atom is -0.480 e. The van der Waals surface area contributed by atoms with Crippen LogP contribution in [0.2, 0.25) is 0 Å². The number of rotatable bonds is 1. The molecule has 70 valence electrons.